The Labute approximate surface area is 238 Å². The summed E-state index contributed by atoms with van der Waals surface area (Å²) in [7, 11) is 0. The first-order valence-electron chi connectivity index (χ1n) is 15.9. The first-order chi connectivity index (χ1) is 18.8. The lowest BCUT2D eigenvalue weighted by molar-refractivity contribution is -0.929. The molecule has 39 heavy (non-hydrogen) atoms. The molecule has 0 unspecified atom stereocenters. The topological polar surface area (TPSA) is 115 Å². The van der Waals surface area contributed by atoms with Gasteiger partial charge in [-0.25, -0.2) is 0 Å². The van der Waals surface area contributed by atoms with Gasteiger partial charge >= 0.3 is 11.9 Å². The third-order valence-electron chi connectivity index (χ3n) is 7.85. The first kappa shape index (κ1) is 37.1. The van der Waals surface area contributed by atoms with Gasteiger partial charge < -0.3 is 24.6 Å². The minimum absolute atomic E-state index is 0.0196. The molecule has 0 saturated heterocycles. The Morgan fingerprint density at radius 1 is 0.513 bits per heavy atom. The Balaban J connectivity index is 4.13. The van der Waals surface area contributed by atoms with E-state index in [0.717, 1.165) is 25.8 Å². The molecule has 0 saturated carbocycles. The van der Waals surface area contributed by atoms with E-state index >= 15 is 0 Å². The van der Waals surface area contributed by atoms with E-state index in [1.165, 1.54) is 89.9 Å². The van der Waals surface area contributed by atoms with Gasteiger partial charge in [-0.05, 0) is 32.1 Å². The van der Waals surface area contributed by atoms with Crippen LogP contribution in [0.2, 0.25) is 0 Å². The van der Waals surface area contributed by atoms with Gasteiger partial charge in [0.1, 0.15) is 0 Å². The van der Waals surface area contributed by atoms with Crippen LogP contribution in [-0.2, 0) is 14.4 Å². The van der Waals surface area contributed by atoms with E-state index in [-0.39, 0.29) is 19.3 Å². The van der Waals surface area contributed by atoms with Crippen molar-refractivity contribution in [2.24, 2.45) is 0 Å². The lowest BCUT2D eigenvalue weighted by Crippen LogP contribution is -2.51. The molecule has 2 N–H and O–H groups in total. The number of allylic oxidation sites excluding steroid dienone is 1. The second-order valence-corrected chi connectivity index (χ2v) is 11.4. The maximum absolute atomic E-state index is 11.1. The molecule has 0 amide bonds. The first-order valence-corrected chi connectivity index (χ1v) is 15.9. The predicted molar refractivity (Wildman–Crippen MR) is 156 cm³/mol. The average Bonchev–Trinajstić information content (AvgIpc) is 2.87. The number of quaternary nitrogens is 1. The molecule has 0 aliphatic rings. The minimum Gasteiger partial charge on any atom is -0.550 e. The fraction of sp³-hybridized carbons (Fsp3) is 0.844. The summed E-state index contributed by atoms with van der Waals surface area (Å²) in [4.78, 5) is 33.1. The van der Waals surface area contributed by atoms with Crippen molar-refractivity contribution in [3.8, 4) is 0 Å². The molecule has 0 fully saturated rings. The fourth-order valence-electron chi connectivity index (χ4n) is 5.57. The summed E-state index contributed by atoms with van der Waals surface area (Å²) in [6, 6.07) is 0. The van der Waals surface area contributed by atoms with Crippen molar-refractivity contribution in [1.82, 2.24) is 0 Å². The molecule has 0 heterocycles. The van der Waals surface area contributed by atoms with Crippen molar-refractivity contribution in [2.45, 2.75) is 148 Å². The third kappa shape index (κ3) is 26.1. The molecular weight excluding hydrogens is 494 g/mol. The van der Waals surface area contributed by atoms with Crippen molar-refractivity contribution < 1.29 is 34.2 Å². The number of hydrogen-bond donors (Lipinski definition) is 2. The summed E-state index contributed by atoms with van der Waals surface area (Å²) in [5.41, 5.74) is 0. The second kappa shape index (κ2) is 26.3. The van der Waals surface area contributed by atoms with Gasteiger partial charge in [0.05, 0.1) is 39.0 Å². The van der Waals surface area contributed by atoms with Gasteiger partial charge in [0.25, 0.3) is 0 Å². The number of hydrogen-bond acceptors (Lipinski definition) is 4. The highest BCUT2D eigenvalue weighted by Gasteiger charge is 2.26. The highest BCUT2D eigenvalue weighted by molar-refractivity contribution is 5.66. The molecule has 7 heteroatoms. The number of rotatable bonds is 31. The van der Waals surface area contributed by atoms with E-state index in [1.807, 2.05) is 6.08 Å². The van der Waals surface area contributed by atoms with Gasteiger partial charge in [0.15, 0.2) is 0 Å². The van der Waals surface area contributed by atoms with Crippen LogP contribution in [0.1, 0.15) is 148 Å². The molecule has 0 aromatic heterocycles. The molecule has 0 atom stereocenters. The van der Waals surface area contributed by atoms with E-state index < -0.39 is 17.9 Å². The Hall–Kier alpha value is -1.89. The molecule has 0 aliphatic carbocycles. The van der Waals surface area contributed by atoms with E-state index in [4.69, 9.17) is 10.2 Å². The Bertz CT molecular complexity index is 586. The number of nitrogens with zero attached hydrogens (tertiary/aromatic N) is 1. The maximum atomic E-state index is 11.1. The van der Waals surface area contributed by atoms with E-state index in [2.05, 4.69) is 6.58 Å². The predicted octanol–water partition coefficient (Wildman–Crippen LogP) is 6.88. The zero-order valence-corrected chi connectivity index (χ0v) is 24.9. The van der Waals surface area contributed by atoms with Crippen LogP contribution in [0, 0.1) is 0 Å². The standard InChI is InChI=1S/C32H59NO6/c1-2-3-4-5-6-7-8-9-10-11-12-13-14-15-16-17-18-19-26-33(27-20-23-30(34)35,28-21-24-31(36)37)29-22-25-32(38)39/h2H,1,3-29H2,(H2-,34,35,36,37,38,39). The van der Waals surface area contributed by atoms with Crippen LogP contribution in [0.15, 0.2) is 12.7 Å². The van der Waals surface area contributed by atoms with Gasteiger partial charge in [-0.3, -0.25) is 9.59 Å². The number of carboxylic acid groups (broad SMARTS) is 3. The number of unbranched alkanes of at least 4 members (excludes halogenated alkanes) is 16. The number of aliphatic carboxylic acids is 3. The normalized spacial score (nSPS) is 11.5. The second-order valence-electron chi connectivity index (χ2n) is 11.4. The molecule has 7 nitrogen and oxygen atoms in total. The Morgan fingerprint density at radius 2 is 0.821 bits per heavy atom. The molecular formula is C32H59NO6. The highest BCUT2D eigenvalue weighted by Crippen LogP contribution is 2.19. The van der Waals surface area contributed by atoms with Gasteiger partial charge in [0.2, 0.25) is 0 Å². The van der Waals surface area contributed by atoms with Crippen LogP contribution < -0.4 is 5.11 Å². The van der Waals surface area contributed by atoms with Crippen molar-refractivity contribution in [3.63, 3.8) is 0 Å². The number of carboxylic acids is 3. The molecule has 228 valence electrons. The third-order valence-corrected chi connectivity index (χ3v) is 7.85. The Morgan fingerprint density at radius 3 is 1.15 bits per heavy atom. The zero-order valence-electron chi connectivity index (χ0n) is 24.9. The van der Waals surface area contributed by atoms with Crippen LogP contribution in [-0.4, -0.2) is 58.8 Å². The summed E-state index contributed by atoms with van der Waals surface area (Å²) in [5, 5.41) is 29.1. The van der Waals surface area contributed by atoms with Crippen LogP contribution in [0.4, 0.5) is 0 Å². The van der Waals surface area contributed by atoms with Crippen LogP contribution in [0.25, 0.3) is 0 Å². The van der Waals surface area contributed by atoms with E-state index in [9.17, 15) is 19.5 Å². The fourth-order valence-corrected chi connectivity index (χ4v) is 5.57. The molecule has 0 aromatic carbocycles. The van der Waals surface area contributed by atoms with Crippen molar-refractivity contribution in [1.29, 1.82) is 0 Å². The van der Waals surface area contributed by atoms with Crippen molar-refractivity contribution >= 4 is 17.9 Å². The van der Waals surface area contributed by atoms with Crippen LogP contribution >= 0.6 is 0 Å². The van der Waals surface area contributed by atoms with E-state index in [0.29, 0.717) is 43.4 Å². The van der Waals surface area contributed by atoms with Crippen LogP contribution in [0.3, 0.4) is 0 Å². The zero-order chi connectivity index (χ0) is 29.0. The lowest BCUT2D eigenvalue weighted by Gasteiger charge is -2.39. The van der Waals surface area contributed by atoms with Gasteiger partial charge in [-0.15, -0.1) is 6.58 Å². The monoisotopic (exact) mass is 553 g/mol. The summed E-state index contributed by atoms with van der Waals surface area (Å²) in [6.07, 6.45) is 25.4. The molecule has 0 spiro atoms. The average molecular weight is 554 g/mol. The summed E-state index contributed by atoms with van der Waals surface area (Å²) in [5.74, 6) is -2.74. The summed E-state index contributed by atoms with van der Waals surface area (Å²) < 4.78 is 0.614. The molecule has 0 rings (SSSR count). The smallest absolute Gasteiger partial charge is 0.303 e. The van der Waals surface area contributed by atoms with Gasteiger partial charge in [-0.1, -0.05) is 89.5 Å². The lowest BCUT2D eigenvalue weighted by atomic mass is 10.0. The van der Waals surface area contributed by atoms with Crippen molar-refractivity contribution in [2.75, 3.05) is 26.2 Å². The quantitative estimate of drug-likeness (QED) is 0.0549. The summed E-state index contributed by atoms with van der Waals surface area (Å²) in [6.45, 7) is 6.54. The molecule has 0 aliphatic heterocycles. The number of carbonyl (C=O) groups excluding carboxylic acids is 1. The van der Waals surface area contributed by atoms with E-state index in [1.54, 1.807) is 0 Å². The minimum atomic E-state index is -1.07. The molecule has 0 bridgehead atoms. The van der Waals surface area contributed by atoms with Crippen LogP contribution in [0.5, 0.6) is 0 Å². The number of carbonyl (C=O) groups is 3. The van der Waals surface area contributed by atoms with Gasteiger partial charge in [-0.2, -0.15) is 0 Å². The van der Waals surface area contributed by atoms with Crippen molar-refractivity contribution in [3.05, 3.63) is 12.7 Å². The largest absolute Gasteiger partial charge is 0.550 e. The van der Waals surface area contributed by atoms with Gasteiger partial charge in [0, 0.05) is 25.2 Å². The highest BCUT2D eigenvalue weighted by atomic mass is 16.4. The molecule has 0 radical (unpaired) electrons. The SMILES string of the molecule is C=CCCCCCCCCCCCCCCCCCC[N+](CCCC(=O)[O-])(CCCC(=O)O)CCCC(=O)O. The summed E-state index contributed by atoms with van der Waals surface area (Å²) >= 11 is 0. The Kier molecular flexibility index (Phi) is 25.1. The maximum Gasteiger partial charge on any atom is 0.303 e. The molecule has 0 aromatic rings.